The summed E-state index contributed by atoms with van der Waals surface area (Å²) in [6.07, 6.45) is 4.94. The van der Waals surface area contributed by atoms with Crippen molar-refractivity contribution in [2.24, 2.45) is 5.92 Å². The summed E-state index contributed by atoms with van der Waals surface area (Å²) in [5, 5.41) is 0. The van der Waals surface area contributed by atoms with Gasteiger partial charge >= 0.3 is 5.97 Å². The fourth-order valence-corrected chi connectivity index (χ4v) is 4.75. The fourth-order valence-electron chi connectivity index (χ4n) is 4.75. The van der Waals surface area contributed by atoms with E-state index in [2.05, 4.69) is 4.90 Å². The second-order valence-electron chi connectivity index (χ2n) is 8.15. The minimum absolute atomic E-state index is 0.00498. The number of morpholine rings is 1. The number of esters is 1. The van der Waals surface area contributed by atoms with E-state index in [1.807, 2.05) is 9.80 Å². The van der Waals surface area contributed by atoms with Gasteiger partial charge in [-0.1, -0.05) is 12.8 Å². The average Bonchev–Trinajstić information content (AvgIpc) is 3.28. The molecule has 0 aromatic rings. The van der Waals surface area contributed by atoms with E-state index in [1.54, 1.807) is 6.92 Å². The third-order valence-corrected chi connectivity index (χ3v) is 6.33. The van der Waals surface area contributed by atoms with Crippen LogP contribution in [-0.4, -0.2) is 97.6 Å². The molecule has 2 saturated heterocycles. The van der Waals surface area contributed by atoms with Crippen molar-refractivity contribution in [3.8, 4) is 0 Å². The maximum absolute atomic E-state index is 13.3. The molecule has 0 bridgehead atoms. The monoisotopic (exact) mass is 409 g/mol. The summed E-state index contributed by atoms with van der Waals surface area (Å²) >= 11 is 0. The number of carbonyl (C=O) groups is 3. The summed E-state index contributed by atoms with van der Waals surface area (Å²) in [6.45, 7) is 7.33. The van der Waals surface area contributed by atoms with Crippen LogP contribution in [0.3, 0.4) is 0 Å². The van der Waals surface area contributed by atoms with Crippen LogP contribution in [0.2, 0.25) is 0 Å². The molecule has 3 aliphatic rings. The molecule has 2 heterocycles. The Morgan fingerprint density at radius 3 is 2.21 bits per heavy atom. The lowest BCUT2D eigenvalue weighted by molar-refractivity contribution is -0.148. The van der Waals surface area contributed by atoms with Crippen molar-refractivity contribution >= 4 is 17.8 Å². The van der Waals surface area contributed by atoms with Gasteiger partial charge in [0.1, 0.15) is 0 Å². The molecule has 8 nitrogen and oxygen atoms in total. The molecule has 2 aliphatic heterocycles. The van der Waals surface area contributed by atoms with Crippen LogP contribution in [-0.2, 0) is 23.9 Å². The number of hydrogen-bond donors (Lipinski definition) is 0. The summed E-state index contributed by atoms with van der Waals surface area (Å²) < 4.78 is 10.3. The second-order valence-corrected chi connectivity index (χ2v) is 8.15. The van der Waals surface area contributed by atoms with Crippen molar-refractivity contribution in [2.75, 3.05) is 59.1 Å². The van der Waals surface area contributed by atoms with Gasteiger partial charge in [0.15, 0.2) is 0 Å². The summed E-state index contributed by atoms with van der Waals surface area (Å²) in [6, 6.07) is -0.0765. The van der Waals surface area contributed by atoms with Crippen LogP contribution in [0.4, 0.5) is 0 Å². The molecule has 29 heavy (non-hydrogen) atoms. The highest BCUT2D eigenvalue weighted by Crippen LogP contribution is 2.32. The van der Waals surface area contributed by atoms with E-state index in [0.29, 0.717) is 65.0 Å². The van der Waals surface area contributed by atoms with Gasteiger partial charge in [-0.15, -0.1) is 0 Å². The van der Waals surface area contributed by atoms with Gasteiger partial charge in [-0.25, -0.2) is 0 Å². The Morgan fingerprint density at radius 1 is 0.931 bits per heavy atom. The standard InChI is InChI=1S/C21H35N3O5/c1-2-29-19(26)8-7-18(25)22-9-11-23(12-10-22)20(17-5-3-4-6-17)21(27)24-13-15-28-16-14-24/h17,20H,2-16H2,1H3. The second kappa shape index (κ2) is 10.9. The van der Waals surface area contributed by atoms with Crippen LogP contribution in [0.25, 0.3) is 0 Å². The maximum atomic E-state index is 13.3. The van der Waals surface area contributed by atoms with Crippen LogP contribution in [0.15, 0.2) is 0 Å². The minimum atomic E-state index is -0.322. The summed E-state index contributed by atoms with van der Waals surface area (Å²) in [4.78, 5) is 43.3. The van der Waals surface area contributed by atoms with Gasteiger partial charge in [-0.2, -0.15) is 0 Å². The Morgan fingerprint density at radius 2 is 1.59 bits per heavy atom. The molecule has 8 heteroatoms. The Bertz CT molecular complexity index is 565. The number of rotatable bonds is 7. The highest BCUT2D eigenvalue weighted by Gasteiger charge is 2.39. The summed E-state index contributed by atoms with van der Waals surface area (Å²) in [5.41, 5.74) is 0. The fraction of sp³-hybridized carbons (Fsp3) is 0.857. The van der Waals surface area contributed by atoms with Gasteiger partial charge in [0.2, 0.25) is 11.8 Å². The van der Waals surface area contributed by atoms with Gasteiger partial charge < -0.3 is 19.3 Å². The van der Waals surface area contributed by atoms with Gasteiger partial charge in [-0.05, 0) is 25.7 Å². The summed E-state index contributed by atoms with van der Waals surface area (Å²) in [7, 11) is 0. The average molecular weight is 410 g/mol. The zero-order valence-corrected chi connectivity index (χ0v) is 17.6. The molecule has 3 rings (SSSR count). The van der Waals surface area contributed by atoms with Crippen molar-refractivity contribution < 1.29 is 23.9 Å². The van der Waals surface area contributed by atoms with E-state index in [-0.39, 0.29) is 36.7 Å². The largest absolute Gasteiger partial charge is 0.466 e. The van der Waals surface area contributed by atoms with E-state index < -0.39 is 0 Å². The summed E-state index contributed by atoms with van der Waals surface area (Å²) in [5.74, 6) is 0.324. The van der Waals surface area contributed by atoms with Crippen LogP contribution in [0.5, 0.6) is 0 Å². The van der Waals surface area contributed by atoms with Crippen molar-refractivity contribution in [1.29, 1.82) is 0 Å². The first-order chi connectivity index (χ1) is 14.1. The highest BCUT2D eigenvalue weighted by molar-refractivity contribution is 5.83. The van der Waals surface area contributed by atoms with Crippen molar-refractivity contribution in [3.63, 3.8) is 0 Å². The van der Waals surface area contributed by atoms with Crippen LogP contribution in [0, 0.1) is 5.92 Å². The molecule has 2 amide bonds. The van der Waals surface area contributed by atoms with Crippen molar-refractivity contribution in [1.82, 2.24) is 14.7 Å². The quantitative estimate of drug-likeness (QED) is 0.581. The number of nitrogens with zero attached hydrogens (tertiary/aromatic N) is 3. The number of amides is 2. The lowest BCUT2D eigenvalue weighted by atomic mass is 9.94. The predicted molar refractivity (Wildman–Crippen MR) is 107 cm³/mol. The Hall–Kier alpha value is -1.67. The maximum Gasteiger partial charge on any atom is 0.306 e. The highest BCUT2D eigenvalue weighted by atomic mass is 16.5. The molecular formula is C21H35N3O5. The molecule has 0 spiro atoms. The molecule has 0 N–H and O–H groups in total. The third kappa shape index (κ3) is 5.92. The topological polar surface area (TPSA) is 79.4 Å². The molecule has 1 saturated carbocycles. The number of piperazine rings is 1. The molecule has 3 fully saturated rings. The van der Waals surface area contributed by atoms with E-state index >= 15 is 0 Å². The van der Waals surface area contributed by atoms with Crippen LogP contribution >= 0.6 is 0 Å². The smallest absolute Gasteiger partial charge is 0.306 e. The van der Waals surface area contributed by atoms with Crippen LogP contribution in [0.1, 0.15) is 45.4 Å². The SMILES string of the molecule is CCOC(=O)CCC(=O)N1CCN(C(C(=O)N2CCOCC2)C2CCCC2)CC1. The van der Waals surface area contributed by atoms with Gasteiger partial charge in [0.25, 0.3) is 0 Å². The molecule has 0 aromatic heterocycles. The minimum Gasteiger partial charge on any atom is -0.466 e. The first-order valence-corrected chi connectivity index (χ1v) is 11.1. The molecule has 1 unspecified atom stereocenters. The molecule has 0 aromatic carbocycles. The van der Waals surface area contributed by atoms with E-state index in [1.165, 1.54) is 12.8 Å². The van der Waals surface area contributed by atoms with E-state index in [0.717, 1.165) is 12.8 Å². The third-order valence-electron chi connectivity index (χ3n) is 6.33. The van der Waals surface area contributed by atoms with E-state index in [9.17, 15) is 14.4 Å². The van der Waals surface area contributed by atoms with Crippen molar-refractivity contribution in [3.05, 3.63) is 0 Å². The Kier molecular flexibility index (Phi) is 8.29. The van der Waals surface area contributed by atoms with Gasteiger partial charge in [0, 0.05) is 45.7 Å². The lowest BCUT2D eigenvalue weighted by Gasteiger charge is -2.43. The number of carbonyl (C=O) groups excluding carboxylic acids is 3. The molecule has 1 atom stereocenters. The molecule has 1 aliphatic carbocycles. The predicted octanol–water partition coefficient (Wildman–Crippen LogP) is 0.892. The molecule has 0 radical (unpaired) electrons. The number of hydrogen-bond acceptors (Lipinski definition) is 6. The molecule has 164 valence electrons. The lowest BCUT2D eigenvalue weighted by Crippen LogP contribution is -2.59. The Labute approximate surface area is 173 Å². The molecular weight excluding hydrogens is 374 g/mol. The van der Waals surface area contributed by atoms with Gasteiger partial charge in [0.05, 0.1) is 32.3 Å². The zero-order valence-electron chi connectivity index (χ0n) is 17.6. The Balaban J connectivity index is 1.54. The normalized spacial score (nSPS) is 22.5. The first-order valence-electron chi connectivity index (χ1n) is 11.1. The van der Waals surface area contributed by atoms with E-state index in [4.69, 9.17) is 9.47 Å². The first kappa shape index (κ1) is 22.0. The van der Waals surface area contributed by atoms with Gasteiger partial charge in [-0.3, -0.25) is 19.3 Å². The number of ether oxygens (including phenoxy) is 2. The van der Waals surface area contributed by atoms with Crippen molar-refractivity contribution in [2.45, 2.75) is 51.5 Å². The zero-order chi connectivity index (χ0) is 20.6. The van der Waals surface area contributed by atoms with Crippen LogP contribution < -0.4 is 0 Å².